The monoisotopic (exact) mass is 554 g/mol. The van der Waals surface area contributed by atoms with Crippen molar-refractivity contribution in [2.24, 2.45) is 0 Å². The van der Waals surface area contributed by atoms with Gasteiger partial charge in [0, 0.05) is 27.4 Å². The van der Waals surface area contributed by atoms with Crippen molar-refractivity contribution in [3.63, 3.8) is 0 Å². The lowest BCUT2D eigenvalue weighted by atomic mass is 10.1. The van der Waals surface area contributed by atoms with E-state index in [2.05, 4.69) is 48.4 Å². The number of nitrogens with one attached hydrogen (secondary N) is 3. The fraction of sp³-hybridized carbons (Fsp3) is 0.250. The van der Waals surface area contributed by atoms with E-state index in [1.54, 1.807) is 27.6 Å². The highest BCUT2D eigenvalue weighted by atomic mass is 79.9. The van der Waals surface area contributed by atoms with E-state index in [0.29, 0.717) is 40.4 Å². The Balaban J connectivity index is 1.57. The molecule has 1 aromatic carbocycles. The number of anilines is 3. The summed E-state index contributed by atoms with van der Waals surface area (Å²) in [5.74, 6) is 1.67. The largest absolute Gasteiger partial charge is 0.367 e. The summed E-state index contributed by atoms with van der Waals surface area (Å²) in [5, 5.41) is 11.0. The van der Waals surface area contributed by atoms with Gasteiger partial charge in [-0.3, -0.25) is 4.79 Å². The molecule has 35 heavy (non-hydrogen) atoms. The zero-order chi connectivity index (χ0) is 24.4. The van der Waals surface area contributed by atoms with Gasteiger partial charge in [0.2, 0.25) is 5.95 Å². The van der Waals surface area contributed by atoms with Crippen LogP contribution in [-0.4, -0.2) is 43.4 Å². The highest BCUT2D eigenvalue weighted by Gasteiger charge is 2.19. The molecule has 3 N–H and O–H groups in total. The van der Waals surface area contributed by atoms with Crippen LogP contribution in [0.25, 0.3) is 16.9 Å². The van der Waals surface area contributed by atoms with E-state index in [0.717, 1.165) is 41.9 Å². The number of benzene rings is 1. The number of piperidine rings is 1. The molecule has 0 unspecified atom stereocenters. The summed E-state index contributed by atoms with van der Waals surface area (Å²) < 4.78 is 4.10. The lowest BCUT2D eigenvalue weighted by molar-refractivity contribution is 0.478. The minimum absolute atomic E-state index is 0.213. The van der Waals surface area contributed by atoms with Crippen molar-refractivity contribution in [1.29, 1.82) is 0 Å². The first-order chi connectivity index (χ1) is 17.0. The third-order valence-electron chi connectivity index (χ3n) is 5.74. The number of fused-ring (bicyclic) bond motifs is 1. The van der Waals surface area contributed by atoms with Gasteiger partial charge in [-0.05, 0) is 56.3 Å². The van der Waals surface area contributed by atoms with E-state index >= 15 is 0 Å². The highest BCUT2D eigenvalue weighted by Crippen LogP contribution is 2.25. The van der Waals surface area contributed by atoms with Gasteiger partial charge in [0.25, 0.3) is 5.56 Å². The number of rotatable bonds is 7. The van der Waals surface area contributed by atoms with Crippen molar-refractivity contribution < 1.29 is 0 Å². The highest BCUT2D eigenvalue weighted by molar-refractivity contribution is 9.10. The average Bonchev–Trinajstić information content (AvgIpc) is 3.10. The summed E-state index contributed by atoms with van der Waals surface area (Å²) in [6, 6.07) is 11.5. The molecule has 4 heterocycles. The first-order valence-electron chi connectivity index (χ1n) is 11.3. The summed E-state index contributed by atoms with van der Waals surface area (Å²) in [5.41, 5.74) is 0.951. The maximum absolute atomic E-state index is 13.2. The lowest BCUT2D eigenvalue weighted by Crippen LogP contribution is -2.35. The molecule has 0 atom stereocenters. The summed E-state index contributed by atoms with van der Waals surface area (Å²) in [6.45, 7) is 6.07. The first-order valence-corrected chi connectivity index (χ1v) is 12.5. The normalized spacial score (nSPS) is 14.2. The molecule has 0 aliphatic carbocycles. The van der Waals surface area contributed by atoms with Crippen LogP contribution in [0.5, 0.6) is 0 Å². The van der Waals surface area contributed by atoms with E-state index < -0.39 is 0 Å². The van der Waals surface area contributed by atoms with Crippen LogP contribution in [0.2, 0.25) is 5.02 Å². The van der Waals surface area contributed by atoms with Crippen molar-refractivity contribution in [1.82, 2.24) is 29.6 Å². The predicted molar refractivity (Wildman–Crippen MR) is 143 cm³/mol. The minimum Gasteiger partial charge on any atom is -0.367 e. The second kappa shape index (κ2) is 10.2. The second-order valence-electron chi connectivity index (χ2n) is 8.25. The van der Waals surface area contributed by atoms with E-state index in [1.165, 1.54) is 6.20 Å². The van der Waals surface area contributed by atoms with Gasteiger partial charge in [0.15, 0.2) is 11.5 Å². The van der Waals surface area contributed by atoms with E-state index in [1.807, 2.05) is 24.3 Å². The number of allylic oxidation sites excluding steroid dienone is 1. The standard InChI is InChI=1S/C24H24BrClN8O/c1-2-10-33-23(35)19-14-28-24(30-18-12-15(25)11-16(26)13-18)32-22(19)34(33)21-5-3-4-20(31-21)29-17-6-8-27-9-7-17/h2-5,11-14,17,27H,1,6-10H2,(H,29,31)(H,28,30,32). The Morgan fingerprint density at radius 2 is 2.06 bits per heavy atom. The molecule has 1 aliphatic rings. The summed E-state index contributed by atoms with van der Waals surface area (Å²) in [6.07, 6.45) is 5.26. The van der Waals surface area contributed by atoms with E-state index in [9.17, 15) is 4.79 Å². The van der Waals surface area contributed by atoms with Gasteiger partial charge in [-0.25, -0.2) is 19.3 Å². The molecule has 4 aromatic rings. The van der Waals surface area contributed by atoms with Crippen LogP contribution in [0.15, 0.2) is 64.5 Å². The molecule has 1 fully saturated rings. The molecular formula is C24H24BrClN8O. The SMILES string of the molecule is C=CCn1c(=O)c2cnc(Nc3cc(Cl)cc(Br)c3)nc2n1-c1cccc(NC2CCNCC2)n1. The van der Waals surface area contributed by atoms with Crippen LogP contribution in [0.4, 0.5) is 17.5 Å². The van der Waals surface area contributed by atoms with Crippen LogP contribution < -0.4 is 21.5 Å². The first kappa shape index (κ1) is 23.5. The molecule has 3 aromatic heterocycles. The van der Waals surface area contributed by atoms with E-state index in [-0.39, 0.29) is 5.56 Å². The number of halogens is 2. The maximum Gasteiger partial charge on any atom is 0.278 e. The molecule has 1 saturated heterocycles. The topological polar surface area (TPSA) is 102 Å². The maximum atomic E-state index is 13.2. The lowest BCUT2D eigenvalue weighted by Gasteiger charge is -2.24. The van der Waals surface area contributed by atoms with Gasteiger partial charge in [-0.2, -0.15) is 4.98 Å². The smallest absolute Gasteiger partial charge is 0.278 e. The van der Waals surface area contributed by atoms with Crippen molar-refractivity contribution in [2.75, 3.05) is 23.7 Å². The Hall–Kier alpha value is -3.21. The third-order valence-corrected chi connectivity index (χ3v) is 6.41. The van der Waals surface area contributed by atoms with Crippen LogP contribution in [0.1, 0.15) is 12.8 Å². The van der Waals surface area contributed by atoms with Crippen molar-refractivity contribution in [3.8, 4) is 5.82 Å². The molecular weight excluding hydrogens is 532 g/mol. The van der Waals surface area contributed by atoms with Crippen LogP contribution in [0, 0.1) is 0 Å². The molecule has 1 aliphatic heterocycles. The molecule has 9 nitrogen and oxygen atoms in total. The predicted octanol–water partition coefficient (Wildman–Crippen LogP) is 4.49. The van der Waals surface area contributed by atoms with Crippen molar-refractivity contribution in [3.05, 3.63) is 75.1 Å². The molecule has 0 radical (unpaired) electrons. The quantitative estimate of drug-likeness (QED) is 0.289. The summed E-state index contributed by atoms with van der Waals surface area (Å²) in [7, 11) is 0. The number of nitrogens with zero attached hydrogens (tertiary/aromatic N) is 5. The number of hydrogen-bond acceptors (Lipinski definition) is 7. The van der Waals surface area contributed by atoms with Gasteiger partial charge in [0.05, 0.1) is 6.54 Å². The zero-order valence-electron chi connectivity index (χ0n) is 18.8. The number of aromatic nitrogens is 5. The Morgan fingerprint density at radius 1 is 1.23 bits per heavy atom. The van der Waals surface area contributed by atoms with Crippen LogP contribution >= 0.6 is 27.5 Å². The second-order valence-corrected chi connectivity index (χ2v) is 9.60. The Kier molecular flexibility index (Phi) is 6.85. The van der Waals surface area contributed by atoms with Gasteiger partial charge in [-0.1, -0.05) is 39.7 Å². The van der Waals surface area contributed by atoms with Crippen molar-refractivity contribution in [2.45, 2.75) is 25.4 Å². The molecule has 0 saturated carbocycles. The fourth-order valence-electron chi connectivity index (χ4n) is 4.16. The molecule has 0 bridgehead atoms. The fourth-order valence-corrected chi connectivity index (χ4v) is 5.02. The third kappa shape index (κ3) is 5.09. The van der Waals surface area contributed by atoms with E-state index in [4.69, 9.17) is 16.6 Å². The van der Waals surface area contributed by atoms with Gasteiger partial charge < -0.3 is 16.0 Å². The molecule has 0 spiro atoms. The Morgan fingerprint density at radius 3 is 2.83 bits per heavy atom. The minimum atomic E-state index is -0.213. The zero-order valence-corrected chi connectivity index (χ0v) is 21.2. The van der Waals surface area contributed by atoms with Crippen LogP contribution in [-0.2, 0) is 6.54 Å². The van der Waals surface area contributed by atoms with Gasteiger partial charge in [-0.15, -0.1) is 6.58 Å². The molecule has 180 valence electrons. The average molecular weight is 556 g/mol. The molecule has 5 rings (SSSR count). The molecule has 0 amide bonds. The number of hydrogen-bond donors (Lipinski definition) is 3. The Labute approximate surface area is 215 Å². The van der Waals surface area contributed by atoms with Gasteiger partial charge >= 0.3 is 0 Å². The van der Waals surface area contributed by atoms with Crippen LogP contribution in [0.3, 0.4) is 0 Å². The Bertz CT molecular complexity index is 1420. The summed E-state index contributed by atoms with van der Waals surface area (Å²) in [4.78, 5) is 27.0. The van der Waals surface area contributed by atoms with Gasteiger partial charge in [0.1, 0.15) is 11.2 Å². The summed E-state index contributed by atoms with van der Waals surface area (Å²) >= 11 is 9.61. The van der Waals surface area contributed by atoms with Crippen molar-refractivity contribution >= 4 is 56.0 Å². The molecule has 11 heteroatoms. The number of pyridine rings is 1.